The molecular weight excluding hydrogens is 404 g/mol. The Hall–Kier alpha value is -2.86. The van der Waals surface area contributed by atoms with E-state index in [0.717, 1.165) is 34.6 Å². The van der Waals surface area contributed by atoms with Gasteiger partial charge in [0.1, 0.15) is 0 Å². The maximum Gasteiger partial charge on any atom is 0.200 e. The number of nitrogens with one attached hydrogen (secondary N) is 2. The van der Waals surface area contributed by atoms with Crippen LogP contribution in [0.3, 0.4) is 0 Å². The first-order valence-corrected chi connectivity index (χ1v) is 9.66. The van der Waals surface area contributed by atoms with E-state index in [-0.39, 0.29) is 29.4 Å². The van der Waals surface area contributed by atoms with Crippen LogP contribution in [0.1, 0.15) is 38.3 Å². The van der Waals surface area contributed by atoms with Gasteiger partial charge in [-0.2, -0.15) is 0 Å². The summed E-state index contributed by atoms with van der Waals surface area (Å²) < 4.78 is 10.7. The molecule has 3 N–H and O–H groups in total. The maximum absolute atomic E-state index is 13.3. The molecule has 0 spiro atoms. The molecule has 0 radical (unpaired) electrons. The number of hydrogen-bond donors (Lipinski definition) is 3. The number of Topliss-reactive ketones (excluding diaryl/α,β-unsaturated/α-hetero) is 1. The standard InChI is InChI=1S/C23H26N2O4.ClH/c1-23(2)11-16-20(17(26)12-23)21(25-15-8-6-5-7-14(15)24-16)13-9-18(28-3)22(27)19(10-13)29-4;/h5-10,21,24-25,27H,11-12H2,1-4H3;1H. The summed E-state index contributed by atoms with van der Waals surface area (Å²) in [4.78, 5) is 13.3. The molecule has 0 bridgehead atoms. The third-order valence-corrected chi connectivity index (χ3v) is 5.56. The van der Waals surface area contributed by atoms with Crippen molar-refractivity contribution in [1.29, 1.82) is 0 Å². The fourth-order valence-corrected chi connectivity index (χ4v) is 4.22. The summed E-state index contributed by atoms with van der Waals surface area (Å²) in [6.45, 7) is 4.23. The lowest BCUT2D eigenvalue weighted by Gasteiger charge is -2.34. The molecule has 2 aromatic rings. The summed E-state index contributed by atoms with van der Waals surface area (Å²) in [6.07, 6.45) is 1.25. The van der Waals surface area contributed by atoms with E-state index in [1.807, 2.05) is 24.3 Å². The van der Waals surface area contributed by atoms with E-state index in [1.165, 1.54) is 14.2 Å². The Morgan fingerprint density at radius 3 is 2.23 bits per heavy atom. The minimum absolute atomic E-state index is 0. The van der Waals surface area contributed by atoms with Crippen LogP contribution in [-0.2, 0) is 4.79 Å². The number of aromatic hydroxyl groups is 1. The number of halogens is 1. The van der Waals surface area contributed by atoms with Crippen LogP contribution in [-0.4, -0.2) is 25.1 Å². The molecule has 1 aliphatic carbocycles. The lowest BCUT2D eigenvalue weighted by atomic mass is 9.73. The highest BCUT2D eigenvalue weighted by molar-refractivity contribution is 6.01. The van der Waals surface area contributed by atoms with Gasteiger partial charge in [-0.25, -0.2) is 0 Å². The number of allylic oxidation sites excluding steroid dienone is 1. The number of anilines is 2. The predicted octanol–water partition coefficient (Wildman–Crippen LogP) is 5.05. The Balaban J connectivity index is 0.00000256. The number of methoxy groups -OCH3 is 2. The third kappa shape index (κ3) is 3.79. The number of benzene rings is 2. The normalized spacial score (nSPS) is 19.3. The fraction of sp³-hybridized carbons (Fsp3) is 0.348. The quantitative estimate of drug-likeness (QED) is 0.632. The molecule has 0 saturated carbocycles. The van der Waals surface area contributed by atoms with Gasteiger partial charge in [0, 0.05) is 17.7 Å². The first-order chi connectivity index (χ1) is 13.8. The zero-order chi connectivity index (χ0) is 20.8. The second kappa shape index (κ2) is 8.11. The van der Waals surface area contributed by atoms with Crippen LogP contribution < -0.4 is 20.1 Å². The van der Waals surface area contributed by atoms with Crippen LogP contribution in [0.5, 0.6) is 17.2 Å². The number of phenolic OH excluding ortho intramolecular Hbond substituents is 1. The number of ketones is 1. The number of hydrogen-bond acceptors (Lipinski definition) is 6. The number of rotatable bonds is 3. The van der Waals surface area contributed by atoms with Crippen LogP contribution in [0, 0.1) is 5.41 Å². The van der Waals surface area contributed by atoms with Gasteiger partial charge < -0.3 is 25.2 Å². The lowest BCUT2D eigenvalue weighted by Crippen LogP contribution is -2.31. The fourth-order valence-electron chi connectivity index (χ4n) is 4.22. The Labute approximate surface area is 182 Å². The van der Waals surface area contributed by atoms with Gasteiger partial charge in [-0.3, -0.25) is 4.79 Å². The molecule has 0 fully saturated rings. The van der Waals surface area contributed by atoms with Crippen LogP contribution >= 0.6 is 12.4 Å². The van der Waals surface area contributed by atoms with Crippen molar-refractivity contribution in [2.75, 3.05) is 24.9 Å². The highest BCUT2D eigenvalue weighted by Crippen LogP contribution is 2.47. The number of phenols is 1. The van der Waals surface area contributed by atoms with Gasteiger partial charge in [-0.05, 0) is 41.7 Å². The minimum atomic E-state index is -0.395. The molecule has 160 valence electrons. The summed E-state index contributed by atoms with van der Waals surface area (Å²) in [5.74, 6) is 0.658. The third-order valence-electron chi connectivity index (χ3n) is 5.56. The minimum Gasteiger partial charge on any atom is -0.502 e. The monoisotopic (exact) mass is 430 g/mol. The number of para-hydroxylation sites is 2. The van der Waals surface area contributed by atoms with Crippen molar-refractivity contribution in [2.24, 2.45) is 5.41 Å². The van der Waals surface area contributed by atoms with Crippen molar-refractivity contribution in [3.8, 4) is 17.2 Å². The number of carbonyl (C=O) groups excluding carboxylic acids is 1. The zero-order valence-electron chi connectivity index (χ0n) is 17.5. The molecule has 0 amide bonds. The topological polar surface area (TPSA) is 79.8 Å². The van der Waals surface area contributed by atoms with Gasteiger partial charge >= 0.3 is 0 Å². The first kappa shape index (κ1) is 21.8. The Bertz CT molecular complexity index is 991. The maximum atomic E-state index is 13.3. The molecule has 1 atom stereocenters. The smallest absolute Gasteiger partial charge is 0.200 e. The summed E-state index contributed by atoms with van der Waals surface area (Å²) in [5, 5.41) is 17.3. The van der Waals surface area contributed by atoms with E-state index in [4.69, 9.17) is 9.47 Å². The Morgan fingerprint density at radius 2 is 1.63 bits per heavy atom. The summed E-state index contributed by atoms with van der Waals surface area (Å²) in [5.41, 5.74) is 4.16. The van der Waals surface area contributed by atoms with E-state index >= 15 is 0 Å². The van der Waals surface area contributed by atoms with Gasteiger partial charge in [0.25, 0.3) is 0 Å². The van der Waals surface area contributed by atoms with Gasteiger partial charge in [0.2, 0.25) is 5.75 Å². The van der Waals surface area contributed by atoms with Crippen molar-refractivity contribution in [1.82, 2.24) is 0 Å². The first-order valence-electron chi connectivity index (χ1n) is 9.66. The van der Waals surface area contributed by atoms with Gasteiger partial charge in [-0.15, -0.1) is 12.4 Å². The largest absolute Gasteiger partial charge is 0.502 e. The molecular formula is C23H27ClN2O4. The molecule has 1 aliphatic heterocycles. The van der Waals surface area contributed by atoms with Gasteiger partial charge in [0.15, 0.2) is 17.3 Å². The second-order valence-corrected chi connectivity index (χ2v) is 8.36. The number of fused-ring (bicyclic) bond motifs is 1. The SMILES string of the molecule is COc1cc(C2Nc3ccccc3NC3=C2C(=O)CC(C)(C)C3)cc(OC)c1O.Cl. The van der Waals surface area contributed by atoms with Crippen molar-refractivity contribution in [3.63, 3.8) is 0 Å². The summed E-state index contributed by atoms with van der Waals surface area (Å²) in [7, 11) is 2.99. The predicted molar refractivity (Wildman–Crippen MR) is 120 cm³/mol. The summed E-state index contributed by atoms with van der Waals surface area (Å²) in [6, 6.07) is 11.0. The number of carbonyl (C=O) groups is 1. The van der Waals surface area contributed by atoms with Crippen LogP contribution in [0.4, 0.5) is 11.4 Å². The highest BCUT2D eigenvalue weighted by atomic mass is 35.5. The summed E-state index contributed by atoms with van der Waals surface area (Å²) >= 11 is 0. The molecule has 2 aromatic carbocycles. The van der Waals surface area contributed by atoms with Crippen LogP contribution in [0.25, 0.3) is 0 Å². The van der Waals surface area contributed by atoms with Crippen molar-refractivity contribution >= 4 is 29.6 Å². The lowest BCUT2D eigenvalue weighted by molar-refractivity contribution is -0.118. The van der Waals surface area contributed by atoms with Gasteiger partial charge in [-0.1, -0.05) is 26.0 Å². The molecule has 7 heteroatoms. The van der Waals surface area contributed by atoms with E-state index in [0.29, 0.717) is 17.9 Å². The number of ether oxygens (including phenoxy) is 2. The molecule has 0 aromatic heterocycles. The highest BCUT2D eigenvalue weighted by Gasteiger charge is 2.39. The average Bonchev–Trinajstić information content (AvgIpc) is 2.83. The van der Waals surface area contributed by atoms with Crippen molar-refractivity contribution < 1.29 is 19.4 Å². The van der Waals surface area contributed by atoms with Crippen molar-refractivity contribution in [2.45, 2.75) is 32.7 Å². The molecule has 4 rings (SSSR count). The van der Waals surface area contributed by atoms with E-state index in [1.54, 1.807) is 12.1 Å². The second-order valence-electron chi connectivity index (χ2n) is 8.36. The molecule has 30 heavy (non-hydrogen) atoms. The van der Waals surface area contributed by atoms with Gasteiger partial charge in [0.05, 0.1) is 31.6 Å². The van der Waals surface area contributed by atoms with E-state index in [9.17, 15) is 9.90 Å². The van der Waals surface area contributed by atoms with E-state index in [2.05, 4.69) is 24.5 Å². The molecule has 2 aliphatic rings. The van der Waals surface area contributed by atoms with Crippen LogP contribution in [0.2, 0.25) is 0 Å². The molecule has 1 heterocycles. The molecule has 0 saturated heterocycles. The molecule has 1 unspecified atom stereocenters. The average molecular weight is 431 g/mol. The zero-order valence-corrected chi connectivity index (χ0v) is 18.4. The Morgan fingerprint density at radius 1 is 1.03 bits per heavy atom. The molecule has 6 nitrogen and oxygen atoms in total. The Kier molecular flexibility index (Phi) is 5.90. The van der Waals surface area contributed by atoms with Crippen molar-refractivity contribution in [3.05, 3.63) is 53.2 Å². The van der Waals surface area contributed by atoms with Crippen LogP contribution in [0.15, 0.2) is 47.7 Å². The van der Waals surface area contributed by atoms with E-state index < -0.39 is 6.04 Å².